The molecule has 0 saturated carbocycles. The van der Waals surface area contributed by atoms with Gasteiger partial charge in [0.1, 0.15) is 19.3 Å². The van der Waals surface area contributed by atoms with E-state index in [1.54, 1.807) is 12.2 Å². The van der Waals surface area contributed by atoms with Crippen molar-refractivity contribution in [1.82, 2.24) is 0 Å². The van der Waals surface area contributed by atoms with Crippen molar-refractivity contribution in [3.63, 3.8) is 0 Å². The van der Waals surface area contributed by atoms with Gasteiger partial charge in [-0.05, 0) is 6.08 Å². The van der Waals surface area contributed by atoms with E-state index in [0.717, 1.165) is 0 Å². The molecule has 0 aromatic carbocycles. The quantitative estimate of drug-likeness (QED) is 0.592. The summed E-state index contributed by atoms with van der Waals surface area (Å²) < 4.78 is 4.86. The Morgan fingerprint density at radius 2 is 2.50 bits per heavy atom. The molecule has 2 N–H and O–H groups in total. The Balaban J connectivity index is 2.62. The van der Waals surface area contributed by atoms with Crippen LogP contribution >= 0.6 is 0 Å². The molecule has 0 aliphatic carbocycles. The minimum Gasteiger partial charge on any atom is -0.497 e. The normalized spacial score (nSPS) is 18.0. The standard InChI is InChI=1S/C8H10O4/c9-4-7(10)8(11)6-2-1-3-12-5-6/h1-3,8-9,11H,4-5H2. The van der Waals surface area contributed by atoms with Crippen molar-refractivity contribution in [2.75, 3.05) is 13.2 Å². The maximum Gasteiger partial charge on any atom is 0.190 e. The number of allylic oxidation sites excluding steroid dienone is 2. The second kappa shape index (κ2) is 4.04. The number of carbonyl (C=O) groups excluding carboxylic acids is 1. The molecule has 0 bridgehead atoms. The van der Waals surface area contributed by atoms with Gasteiger partial charge >= 0.3 is 0 Å². The van der Waals surface area contributed by atoms with E-state index in [1.807, 2.05) is 0 Å². The molecule has 1 aliphatic rings. The van der Waals surface area contributed by atoms with Crippen LogP contribution in [0.3, 0.4) is 0 Å². The van der Waals surface area contributed by atoms with Crippen LogP contribution in [0.5, 0.6) is 0 Å². The summed E-state index contributed by atoms with van der Waals surface area (Å²) >= 11 is 0. The summed E-state index contributed by atoms with van der Waals surface area (Å²) in [5.41, 5.74) is 0.469. The third-order valence-electron chi connectivity index (χ3n) is 1.55. The molecule has 0 saturated heterocycles. The van der Waals surface area contributed by atoms with Crippen molar-refractivity contribution in [3.8, 4) is 0 Å². The van der Waals surface area contributed by atoms with Gasteiger partial charge in [0.15, 0.2) is 5.78 Å². The monoisotopic (exact) mass is 170 g/mol. The lowest BCUT2D eigenvalue weighted by molar-refractivity contribution is -0.128. The molecule has 0 amide bonds. The van der Waals surface area contributed by atoms with Crippen LogP contribution in [0.25, 0.3) is 0 Å². The zero-order valence-electron chi connectivity index (χ0n) is 6.43. The van der Waals surface area contributed by atoms with Crippen LogP contribution in [0, 0.1) is 0 Å². The fourth-order valence-electron chi connectivity index (χ4n) is 0.874. The van der Waals surface area contributed by atoms with Crippen LogP contribution in [0.4, 0.5) is 0 Å². The molecule has 66 valence electrons. The zero-order valence-corrected chi connectivity index (χ0v) is 6.43. The lowest BCUT2D eigenvalue weighted by Gasteiger charge is -2.14. The zero-order chi connectivity index (χ0) is 8.97. The summed E-state index contributed by atoms with van der Waals surface area (Å²) in [5, 5.41) is 17.7. The number of ether oxygens (including phenoxy) is 1. The smallest absolute Gasteiger partial charge is 0.190 e. The maximum atomic E-state index is 10.8. The lowest BCUT2D eigenvalue weighted by Crippen LogP contribution is -2.27. The molecule has 0 aromatic heterocycles. The third kappa shape index (κ3) is 1.93. The molecule has 4 nitrogen and oxygen atoms in total. The maximum absolute atomic E-state index is 10.8. The van der Waals surface area contributed by atoms with Crippen LogP contribution in [0.15, 0.2) is 24.0 Å². The molecule has 0 spiro atoms. The number of aliphatic hydroxyl groups is 2. The molecular weight excluding hydrogens is 160 g/mol. The summed E-state index contributed by atoms with van der Waals surface area (Å²) in [7, 11) is 0. The highest BCUT2D eigenvalue weighted by atomic mass is 16.5. The number of ketones is 1. The highest BCUT2D eigenvalue weighted by Crippen LogP contribution is 2.08. The van der Waals surface area contributed by atoms with Crippen molar-refractivity contribution in [2.45, 2.75) is 6.10 Å². The average Bonchev–Trinajstić information content (AvgIpc) is 2.17. The molecule has 1 unspecified atom stereocenters. The Morgan fingerprint density at radius 1 is 1.75 bits per heavy atom. The second-order valence-electron chi connectivity index (χ2n) is 2.41. The molecule has 4 heteroatoms. The second-order valence-corrected chi connectivity index (χ2v) is 2.41. The van der Waals surface area contributed by atoms with E-state index in [2.05, 4.69) is 0 Å². The number of aliphatic hydroxyl groups excluding tert-OH is 2. The van der Waals surface area contributed by atoms with Crippen LogP contribution < -0.4 is 0 Å². The number of Topliss-reactive ketones (excluding diaryl/α,β-unsaturated/α-hetero) is 1. The number of rotatable bonds is 3. The first kappa shape index (κ1) is 8.96. The number of hydrogen-bond donors (Lipinski definition) is 2. The molecule has 1 atom stereocenters. The van der Waals surface area contributed by atoms with Crippen LogP contribution in [-0.2, 0) is 9.53 Å². The van der Waals surface area contributed by atoms with Gasteiger partial charge in [0.2, 0.25) is 0 Å². The highest BCUT2D eigenvalue weighted by Gasteiger charge is 2.19. The van der Waals surface area contributed by atoms with Crippen molar-refractivity contribution in [3.05, 3.63) is 24.0 Å². The van der Waals surface area contributed by atoms with Crippen molar-refractivity contribution in [1.29, 1.82) is 0 Å². The first-order valence-electron chi connectivity index (χ1n) is 3.54. The average molecular weight is 170 g/mol. The van der Waals surface area contributed by atoms with Gasteiger partial charge in [-0.15, -0.1) is 0 Å². The van der Waals surface area contributed by atoms with Crippen LogP contribution in [-0.4, -0.2) is 35.3 Å². The Bertz CT molecular complexity index is 229. The summed E-state index contributed by atoms with van der Waals surface area (Å²) in [4.78, 5) is 10.8. The molecule has 0 aromatic rings. The molecule has 0 radical (unpaired) electrons. The molecule has 1 rings (SSSR count). The van der Waals surface area contributed by atoms with Gasteiger partial charge in [-0.1, -0.05) is 6.08 Å². The van der Waals surface area contributed by atoms with E-state index in [0.29, 0.717) is 5.57 Å². The van der Waals surface area contributed by atoms with E-state index >= 15 is 0 Å². The van der Waals surface area contributed by atoms with E-state index < -0.39 is 18.5 Å². The summed E-state index contributed by atoms with van der Waals surface area (Å²) in [6.07, 6.45) is 3.42. The fraction of sp³-hybridized carbons (Fsp3) is 0.375. The predicted octanol–water partition coefficient (Wildman–Crippen LogP) is -0.621. The lowest BCUT2D eigenvalue weighted by atomic mass is 10.1. The van der Waals surface area contributed by atoms with Gasteiger partial charge in [-0.2, -0.15) is 0 Å². The Kier molecular flexibility index (Phi) is 3.01. The topological polar surface area (TPSA) is 66.8 Å². The Hall–Kier alpha value is -1.13. The van der Waals surface area contributed by atoms with Gasteiger partial charge in [0, 0.05) is 5.57 Å². The number of hydrogen-bond acceptors (Lipinski definition) is 4. The van der Waals surface area contributed by atoms with Crippen molar-refractivity contribution >= 4 is 5.78 Å². The summed E-state index contributed by atoms with van der Waals surface area (Å²) in [6.45, 7) is -0.453. The van der Waals surface area contributed by atoms with Crippen LogP contribution in [0.1, 0.15) is 0 Å². The van der Waals surface area contributed by atoms with E-state index in [4.69, 9.17) is 9.84 Å². The SMILES string of the molecule is O=C(CO)C(O)C1=CC=COC1. The van der Waals surface area contributed by atoms with Gasteiger partial charge in [-0.25, -0.2) is 0 Å². The molecule has 12 heavy (non-hydrogen) atoms. The first-order valence-corrected chi connectivity index (χ1v) is 3.54. The van der Waals surface area contributed by atoms with Crippen LogP contribution in [0.2, 0.25) is 0 Å². The van der Waals surface area contributed by atoms with Gasteiger partial charge in [0.05, 0.1) is 6.26 Å². The molecule has 1 aliphatic heterocycles. The van der Waals surface area contributed by atoms with Gasteiger partial charge < -0.3 is 14.9 Å². The predicted molar refractivity (Wildman–Crippen MR) is 41.3 cm³/mol. The Labute approximate surface area is 69.8 Å². The summed E-state index contributed by atoms with van der Waals surface area (Å²) in [5.74, 6) is -0.611. The fourth-order valence-corrected chi connectivity index (χ4v) is 0.874. The Morgan fingerprint density at radius 3 is 3.00 bits per heavy atom. The van der Waals surface area contributed by atoms with E-state index in [1.165, 1.54) is 6.26 Å². The minimum atomic E-state index is -1.24. The minimum absolute atomic E-state index is 0.198. The van der Waals surface area contributed by atoms with Crippen molar-refractivity contribution < 1.29 is 19.7 Å². The third-order valence-corrected chi connectivity index (χ3v) is 1.55. The van der Waals surface area contributed by atoms with Gasteiger partial charge in [0.25, 0.3) is 0 Å². The largest absolute Gasteiger partial charge is 0.497 e. The molecule has 0 fully saturated rings. The summed E-state index contributed by atoms with van der Waals surface area (Å²) in [6, 6.07) is 0. The molecular formula is C8H10O4. The number of carbonyl (C=O) groups is 1. The molecule has 1 heterocycles. The van der Waals surface area contributed by atoms with E-state index in [9.17, 15) is 9.90 Å². The first-order chi connectivity index (χ1) is 5.75. The van der Waals surface area contributed by atoms with Crippen molar-refractivity contribution in [2.24, 2.45) is 0 Å². The van der Waals surface area contributed by atoms with E-state index in [-0.39, 0.29) is 6.61 Å². The van der Waals surface area contributed by atoms with Gasteiger partial charge in [-0.3, -0.25) is 4.79 Å². The highest BCUT2D eigenvalue weighted by molar-refractivity contribution is 5.86.